The van der Waals surface area contributed by atoms with Crippen molar-refractivity contribution in [3.8, 4) is 0 Å². The molecule has 0 spiro atoms. The number of carbonyl (C=O) groups excluding carboxylic acids is 4. The van der Waals surface area contributed by atoms with Crippen molar-refractivity contribution in [3.05, 3.63) is 72.3 Å². The van der Waals surface area contributed by atoms with E-state index < -0.39 is 18.5 Å². The number of hydrogen-bond acceptors (Lipinski definition) is 5. The Hall–Kier alpha value is -4.00. The summed E-state index contributed by atoms with van der Waals surface area (Å²) in [6, 6.07) is 19.5. The molecule has 7 nitrogen and oxygen atoms in total. The van der Waals surface area contributed by atoms with E-state index in [4.69, 9.17) is 4.74 Å². The summed E-state index contributed by atoms with van der Waals surface area (Å²) in [5, 5.41) is 4.65. The molecule has 2 aliphatic rings. The van der Waals surface area contributed by atoms with E-state index in [1.54, 1.807) is 18.2 Å². The molecule has 35 heavy (non-hydrogen) atoms. The summed E-state index contributed by atoms with van der Waals surface area (Å²) in [6.07, 6.45) is 2.35. The number of imide groups is 1. The van der Waals surface area contributed by atoms with Crippen molar-refractivity contribution in [2.24, 2.45) is 17.8 Å². The van der Waals surface area contributed by atoms with Gasteiger partial charge in [-0.3, -0.25) is 19.3 Å². The Labute approximate surface area is 203 Å². The fraction of sp³-hybridized carbons (Fsp3) is 0.286. The van der Waals surface area contributed by atoms with Gasteiger partial charge in [0.1, 0.15) is 0 Å². The lowest BCUT2D eigenvalue weighted by Crippen LogP contribution is -2.31. The minimum absolute atomic E-state index is 0.171. The van der Waals surface area contributed by atoms with E-state index in [-0.39, 0.29) is 29.2 Å². The van der Waals surface area contributed by atoms with Gasteiger partial charge < -0.3 is 10.1 Å². The predicted octanol–water partition coefficient (Wildman–Crippen LogP) is 4.56. The highest BCUT2D eigenvalue weighted by atomic mass is 16.5. The van der Waals surface area contributed by atoms with E-state index in [2.05, 4.69) is 12.2 Å². The van der Waals surface area contributed by atoms with Crippen LogP contribution in [0.5, 0.6) is 0 Å². The number of carbonyl (C=O) groups is 4. The Morgan fingerprint density at radius 2 is 1.69 bits per heavy atom. The van der Waals surface area contributed by atoms with Crippen LogP contribution in [0.2, 0.25) is 0 Å². The van der Waals surface area contributed by atoms with Gasteiger partial charge in [-0.15, -0.1) is 0 Å². The van der Waals surface area contributed by atoms with E-state index >= 15 is 0 Å². The van der Waals surface area contributed by atoms with Crippen molar-refractivity contribution in [3.63, 3.8) is 0 Å². The maximum atomic E-state index is 13.0. The van der Waals surface area contributed by atoms with Crippen molar-refractivity contribution in [1.82, 2.24) is 0 Å². The smallest absolute Gasteiger partial charge is 0.338 e. The van der Waals surface area contributed by atoms with Crippen LogP contribution in [-0.2, 0) is 19.1 Å². The van der Waals surface area contributed by atoms with Gasteiger partial charge in [-0.1, -0.05) is 49.4 Å². The monoisotopic (exact) mass is 470 g/mol. The van der Waals surface area contributed by atoms with Crippen molar-refractivity contribution in [2.45, 2.75) is 26.2 Å². The highest BCUT2D eigenvalue weighted by molar-refractivity contribution is 6.22. The summed E-state index contributed by atoms with van der Waals surface area (Å²) in [4.78, 5) is 52.2. The zero-order valence-electron chi connectivity index (χ0n) is 19.4. The summed E-state index contributed by atoms with van der Waals surface area (Å²) in [5.41, 5.74) is 1.16. The summed E-state index contributed by atoms with van der Waals surface area (Å²) < 4.78 is 5.21. The molecule has 1 heterocycles. The van der Waals surface area contributed by atoms with Crippen LogP contribution in [0, 0.1) is 17.8 Å². The Bertz CT molecular complexity index is 1330. The molecule has 2 fully saturated rings. The molecule has 1 aliphatic carbocycles. The minimum atomic E-state index is -0.704. The molecule has 0 bridgehead atoms. The average molecular weight is 471 g/mol. The van der Waals surface area contributed by atoms with Crippen LogP contribution in [0.15, 0.2) is 66.7 Å². The van der Waals surface area contributed by atoms with Crippen LogP contribution < -0.4 is 10.2 Å². The van der Waals surface area contributed by atoms with Gasteiger partial charge in [-0.2, -0.15) is 0 Å². The van der Waals surface area contributed by atoms with Crippen LogP contribution in [0.4, 0.5) is 11.4 Å². The number of rotatable bonds is 5. The second kappa shape index (κ2) is 9.33. The number of nitrogens with one attached hydrogen (secondary N) is 1. The quantitative estimate of drug-likeness (QED) is 0.436. The van der Waals surface area contributed by atoms with Crippen LogP contribution in [-0.4, -0.2) is 30.3 Å². The van der Waals surface area contributed by atoms with E-state index in [0.29, 0.717) is 30.1 Å². The normalized spacial score (nSPS) is 21.6. The first-order valence-electron chi connectivity index (χ1n) is 11.8. The largest absolute Gasteiger partial charge is 0.452 e. The number of esters is 1. The van der Waals surface area contributed by atoms with E-state index in [9.17, 15) is 19.2 Å². The van der Waals surface area contributed by atoms with Crippen molar-refractivity contribution >= 4 is 45.8 Å². The Balaban J connectivity index is 1.25. The van der Waals surface area contributed by atoms with Crippen molar-refractivity contribution < 1.29 is 23.9 Å². The van der Waals surface area contributed by atoms with Crippen LogP contribution in [0.3, 0.4) is 0 Å². The zero-order valence-corrected chi connectivity index (χ0v) is 19.4. The lowest BCUT2D eigenvalue weighted by atomic mass is 9.76. The SMILES string of the molecule is C[C@@H]1CC[C@@H]2C(=O)N(c3cccc(C(=O)OCC(=O)Nc4cccc5ccccc45)c3)C(=O)[C@@H]2C1. The molecule has 3 aromatic carbocycles. The van der Waals surface area contributed by atoms with Crippen molar-refractivity contribution in [2.75, 3.05) is 16.8 Å². The van der Waals surface area contributed by atoms with Gasteiger partial charge in [0.2, 0.25) is 11.8 Å². The Morgan fingerprint density at radius 1 is 0.943 bits per heavy atom. The van der Waals surface area contributed by atoms with Gasteiger partial charge in [0.25, 0.3) is 5.91 Å². The molecular formula is C28H26N2O5. The molecule has 3 amide bonds. The first-order valence-corrected chi connectivity index (χ1v) is 11.8. The molecule has 1 saturated heterocycles. The van der Waals surface area contributed by atoms with E-state index in [1.807, 2.05) is 36.4 Å². The topological polar surface area (TPSA) is 92.8 Å². The molecule has 1 saturated carbocycles. The van der Waals surface area contributed by atoms with Crippen LogP contribution in [0.25, 0.3) is 10.8 Å². The van der Waals surface area contributed by atoms with Gasteiger partial charge in [0.05, 0.1) is 23.1 Å². The lowest BCUT2D eigenvalue weighted by molar-refractivity contribution is -0.122. The number of benzene rings is 3. The average Bonchev–Trinajstić information content (AvgIpc) is 3.11. The minimum Gasteiger partial charge on any atom is -0.452 e. The number of anilines is 2. The van der Waals surface area contributed by atoms with Gasteiger partial charge in [-0.05, 0) is 54.8 Å². The predicted molar refractivity (Wildman–Crippen MR) is 132 cm³/mol. The van der Waals surface area contributed by atoms with Gasteiger partial charge in [0.15, 0.2) is 6.61 Å². The molecule has 178 valence electrons. The molecule has 0 radical (unpaired) electrons. The third kappa shape index (κ3) is 4.41. The lowest BCUT2D eigenvalue weighted by Gasteiger charge is -2.25. The molecule has 3 atom stereocenters. The molecule has 1 aliphatic heterocycles. The fourth-order valence-corrected chi connectivity index (χ4v) is 5.15. The zero-order chi connectivity index (χ0) is 24.5. The maximum absolute atomic E-state index is 13.0. The summed E-state index contributed by atoms with van der Waals surface area (Å²) in [5.74, 6) is -1.74. The van der Waals surface area contributed by atoms with Crippen LogP contribution >= 0.6 is 0 Å². The third-order valence-corrected chi connectivity index (χ3v) is 6.93. The Morgan fingerprint density at radius 3 is 2.54 bits per heavy atom. The summed E-state index contributed by atoms with van der Waals surface area (Å²) in [6.45, 7) is 1.64. The highest BCUT2D eigenvalue weighted by Gasteiger charge is 2.50. The number of hydrogen-bond donors (Lipinski definition) is 1. The standard InChI is InChI=1S/C28H26N2O5/c1-17-12-13-22-23(14-17)27(33)30(26(22)32)20-9-4-8-19(15-20)28(34)35-16-25(31)29-24-11-5-7-18-6-2-3-10-21(18)24/h2-11,15,17,22-23H,12-14,16H2,1H3,(H,29,31)/t17-,22+,23-/m1/s1. The van der Waals surface area contributed by atoms with E-state index in [1.165, 1.54) is 17.0 Å². The van der Waals surface area contributed by atoms with Gasteiger partial charge in [-0.25, -0.2) is 4.79 Å². The second-order valence-electron chi connectivity index (χ2n) is 9.34. The number of fused-ring (bicyclic) bond motifs is 2. The number of amides is 3. The number of nitrogens with zero attached hydrogens (tertiary/aromatic N) is 1. The number of ether oxygens (including phenoxy) is 1. The maximum Gasteiger partial charge on any atom is 0.338 e. The Kier molecular flexibility index (Phi) is 6.07. The molecule has 1 N–H and O–H groups in total. The van der Waals surface area contributed by atoms with Crippen LogP contribution in [0.1, 0.15) is 36.5 Å². The molecule has 5 rings (SSSR count). The molecular weight excluding hydrogens is 444 g/mol. The molecule has 7 heteroatoms. The molecule has 0 unspecified atom stereocenters. The molecule has 3 aromatic rings. The van der Waals surface area contributed by atoms with Crippen molar-refractivity contribution in [1.29, 1.82) is 0 Å². The third-order valence-electron chi connectivity index (χ3n) is 6.93. The highest BCUT2D eigenvalue weighted by Crippen LogP contribution is 2.42. The summed E-state index contributed by atoms with van der Waals surface area (Å²) >= 11 is 0. The first-order chi connectivity index (χ1) is 16.9. The first kappa shape index (κ1) is 22.8. The molecule has 0 aromatic heterocycles. The summed E-state index contributed by atoms with van der Waals surface area (Å²) in [7, 11) is 0. The fourth-order valence-electron chi connectivity index (χ4n) is 5.15. The van der Waals surface area contributed by atoms with E-state index in [0.717, 1.165) is 17.2 Å². The van der Waals surface area contributed by atoms with Gasteiger partial charge >= 0.3 is 5.97 Å². The van der Waals surface area contributed by atoms with Gasteiger partial charge in [0, 0.05) is 11.1 Å². The second-order valence-corrected chi connectivity index (χ2v) is 9.34.